The predicted molar refractivity (Wildman–Crippen MR) is 53.0 cm³/mol. The van der Waals surface area contributed by atoms with Gasteiger partial charge in [0.2, 0.25) is 0 Å². The first-order valence-electron chi connectivity index (χ1n) is 4.69. The summed E-state index contributed by atoms with van der Waals surface area (Å²) in [6.45, 7) is 0. The summed E-state index contributed by atoms with van der Waals surface area (Å²) in [7, 11) is 1.39. The molecule has 0 aliphatic heterocycles. The van der Waals surface area contributed by atoms with Crippen LogP contribution in [0.25, 0.3) is 0 Å². The van der Waals surface area contributed by atoms with Crippen molar-refractivity contribution in [2.75, 3.05) is 7.11 Å². The number of ether oxygens (including phenoxy) is 1. The number of benzene rings is 1. The van der Waals surface area contributed by atoms with Crippen LogP contribution in [-0.4, -0.2) is 13.1 Å². The first-order chi connectivity index (χ1) is 6.74. The van der Waals surface area contributed by atoms with Crippen LogP contribution >= 0.6 is 0 Å². The molecule has 0 aromatic heterocycles. The molecule has 1 aliphatic rings. The van der Waals surface area contributed by atoms with Crippen LogP contribution in [0.1, 0.15) is 33.9 Å². The summed E-state index contributed by atoms with van der Waals surface area (Å²) in [5, 5.41) is 0. The zero-order valence-corrected chi connectivity index (χ0v) is 8.12. The molecule has 3 nitrogen and oxygen atoms in total. The van der Waals surface area contributed by atoms with Crippen LogP contribution in [0.5, 0.6) is 0 Å². The Bertz CT molecular complexity index is 374. The van der Waals surface area contributed by atoms with Crippen molar-refractivity contribution in [2.45, 2.75) is 18.9 Å². The van der Waals surface area contributed by atoms with Crippen molar-refractivity contribution in [3.8, 4) is 0 Å². The van der Waals surface area contributed by atoms with Crippen LogP contribution in [0, 0.1) is 0 Å². The van der Waals surface area contributed by atoms with E-state index in [0.29, 0.717) is 5.56 Å². The lowest BCUT2D eigenvalue weighted by molar-refractivity contribution is 0.0599. The molecule has 3 heteroatoms. The molecule has 0 heterocycles. The first-order valence-corrected chi connectivity index (χ1v) is 4.69. The minimum atomic E-state index is -0.292. The van der Waals surface area contributed by atoms with E-state index >= 15 is 0 Å². The standard InChI is InChI=1S/C11H13NO2/c1-14-11(13)8-4-2-3-7-5-6-9(12)10(7)8/h2-4,9H,5-6,12H2,1H3/t9-/m1/s1. The lowest BCUT2D eigenvalue weighted by Crippen LogP contribution is -2.12. The molecule has 1 aromatic rings. The quantitative estimate of drug-likeness (QED) is 0.683. The lowest BCUT2D eigenvalue weighted by atomic mass is 10.0. The third kappa shape index (κ3) is 1.30. The molecule has 0 amide bonds. The van der Waals surface area contributed by atoms with Gasteiger partial charge in [0.1, 0.15) is 0 Å². The number of carbonyl (C=O) groups excluding carboxylic acids is 1. The number of fused-ring (bicyclic) bond motifs is 1. The summed E-state index contributed by atoms with van der Waals surface area (Å²) < 4.78 is 4.72. The Morgan fingerprint density at radius 1 is 1.57 bits per heavy atom. The van der Waals surface area contributed by atoms with E-state index in [1.807, 2.05) is 12.1 Å². The zero-order chi connectivity index (χ0) is 10.1. The molecular formula is C11H13NO2. The fourth-order valence-corrected chi connectivity index (χ4v) is 2.01. The average molecular weight is 191 g/mol. The summed E-state index contributed by atoms with van der Waals surface area (Å²) >= 11 is 0. The smallest absolute Gasteiger partial charge is 0.338 e. The predicted octanol–water partition coefficient (Wildman–Crippen LogP) is 1.42. The molecule has 14 heavy (non-hydrogen) atoms. The summed E-state index contributed by atoms with van der Waals surface area (Å²) in [6.07, 6.45) is 1.88. The van der Waals surface area contributed by atoms with E-state index in [1.54, 1.807) is 6.07 Å². The highest BCUT2D eigenvalue weighted by atomic mass is 16.5. The van der Waals surface area contributed by atoms with Gasteiger partial charge >= 0.3 is 5.97 Å². The molecule has 0 radical (unpaired) electrons. The van der Waals surface area contributed by atoms with Crippen molar-refractivity contribution >= 4 is 5.97 Å². The van der Waals surface area contributed by atoms with Crippen LogP contribution in [-0.2, 0) is 11.2 Å². The number of carbonyl (C=O) groups is 1. The van der Waals surface area contributed by atoms with Crippen molar-refractivity contribution in [1.29, 1.82) is 0 Å². The summed E-state index contributed by atoms with van der Waals surface area (Å²) in [4.78, 5) is 11.4. The summed E-state index contributed by atoms with van der Waals surface area (Å²) in [5.41, 5.74) is 8.70. The van der Waals surface area contributed by atoms with Crippen molar-refractivity contribution in [2.24, 2.45) is 5.73 Å². The van der Waals surface area contributed by atoms with Crippen LogP contribution in [0.3, 0.4) is 0 Å². The van der Waals surface area contributed by atoms with Gasteiger partial charge in [-0.3, -0.25) is 0 Å². The van der Waals surface area contributed by atoms with Crippen molar-refractivity contribution in [3.63, 3.8) is 0 Å². The fraction of sp³-hybridized carbons (Fsp3) is 0.364. The molecule has 0 fully saturated rings. The molecule has 1 aromatic carbocycles. The second-order valence-electron chi connectivity index (χ2n) is 3.52. The largest absolute Gasteiger partial charge is 0.465 e. The van der Waals surface area contributed by atoms with E-state index in [9.17, 15) is 4.79 Å². The van der Waals surface area contributed by atoms with Crippen molar-refractivity contribution in [1.82, 2.24) is 0 Å². The normalized spacial score (nSPS) is 19.1. The van der Waals surface area contributed by atoms with E-state index < -0.39 is 0 Å². The third-order valence-electron chi connectivity index (χ3n) is 2.70. The number of rotatable bonds is 1. The monoisotopic (exact) mass is 191 g/mol. The number of aryl methyl sites for hydroxylation is 1. The summed E-state index contributed by atoms with van der Waals surface area (Å²) in [6, 6.07) is 5.66. The maximum absolute atomic E-state index is 11.4. The number of methoxy groups -OCH3 is 1. The van der Waals surface area contributed by atoms with Crippen LogP contribution < -0.4 is 5.73 Å². The Balaban J connectivity index is 2.52. The molecule has 0 spiro atoms. The van der Waals surface area contributed by atoms with E-state index in [4.69, 9.17) is 10.5 Å². The fourth-order valence-electron chi connectivity index (χ4n) is 2.01. The Hall–Kier alpha value is -1.35. The van der Waals surface area contributed by atoms with Gasteiger partial charge in [-0.25, -0.2) is 4.79 Å². The minimum Gasteiger partial charge on any atom is -0.465 e. The lowest BCUT2D eigenvalue weighted by Gasteiger charge is -2.09. The molecular weight excluding hydrogens is 178 g/mol. The summed E-state index contributed by atoms with van der Waals surface area (Å²) in [5.74, 6) is -0.292. The zero-order valence-electron chi connectivity index (χ0n) is 8.12. The Labute approximate surface area is 82.9 Å². The van der Waals surface area contributed by atoms with Gasteiger partial charge in [-0.2, -0.15) is 0 Å². The van der Waals surface area contributed by atoms with Crippen molar-refractivity contribution < 1.29 is 9.53 Å². The molecule has 1 atom stereocenters. The Morgan fingerprint density at radius 2 is 2.36 bits per heavy atom. The molecule has 0 saturated carbocycles. The maximum Gasteiger partial charge on any atom is 0.338 e. The number of esters is 1. The van der Waals surface area contributed by atoms with Gasteiger partial charge in [-0.05, 0) is 30.0 Å². The highest BCUT2D eigenvalue weighted by Crippen LogP contribution is 2.32. The number of hydrogen-bond donors (Lipinski definition) is 1. The second-order valence-corrected chi connectivity index (χ2v) is 3.52. The van der Waals surface area contributed by atoms with Gasteiger partial charge < -0.3 is 10.5 Å². The average Bonchev–Trinajstić information content (AvgIpc) is 2.59. The Morgan fingerprint density at radius 3 is 3.07 bits per heavy atom. The molecule has 0 saturated heterocycles. The van der Waals surface area contributed by atoms with E-state index in [2.05, 4.69) is 0 Å². The van der Waals surface area contributed by atoms with Gasteiger partial charge in [0.25, 0.3) is 0 Å². The van der Waals surface area contributed by atoms with Crippen molar-refractivity contribution in [3.05, 3.63) is 34.9 Å². The number of hydrogen-bond acceptors (Lipinski definition) is 3. The maximum atomic E-state index is 11.4. The van der Waals surface area contributed by atoms with Crippen LogP contribution in [0.2, 0.25) is 0 Å². The molecule has 1 aliphatic carbocycles. The minimum absolute atomic E-state index is 0.0136. The highest BCUT2D eigenvalue weighted by molar-refractivity contribution is 5.91. The highest BCUT2D eigenvalue weighted by Gasteiger charge is 2.24. The van der Waals surface area contributed by atoms with E-state index in [-0.39, 0.29) is 12.0 Å². The molecule has 0 unspecified atom stereocenters. The third-order valence-corrected chi connectivity index (χ3v) is 2.70. The second kappa shape index (κ2) is 3.42. The molecule has 74 valence electrons. The van der Waals surface area contributed by atoms with Gasteiger partial charge in [0, 0.05) is 6.04 Å². The molecule has 2 N–H and O–H groups in total. The van der Waals surface area contributed by atoms with Gasteiger partial charge in [0.05, 0.1) is 12.7 Å². The van der Waals surface area contributed by atoms with Gasteiger partial charge in [0.15, 0.2) is 0 Å². The van der Waals surface area contributed by atoms with Crippen LogP contribution in [0.15, 0.2) is 18.2 Å². The van der Waals surface area contributed by atoms with E-state index in [1.165, 1.54) is 12.7 Å². The first kappa shape index (κ1) is 9.21. The Kier molecular flexibility index (Phi) is 2.25. The SMILES string of the molecule is COC(=O)c1cccc2c1[C@H](N)CC2. The number of nitrogens with two attached hydrogens (primary N) is 1. The molecule has 0 bridgehead atoms. The van der Waals surface area contributed by atoms with Gasteiger partial charge in [-0.15, -0.1) is 0 Å². The molecule has 2 rings (SSSR count). The van der Waals surface area contributed by atoms with Gasteiger partial charge in [-0.1, -0.05) is 12.1 Å². The topological polar surface area (TPSA) is 52.3 Å². The van der Waals surface area contributed by atoms with E-state index in [0.717, 1.165) is 18.4 Å². The van der Waals surface area contributed by atoms with Crippen LogP contribution in [0.4, 0.5) is 0 Å².